The number of hydrogen-bond acceptors (Lipinski definition) is 3. The van der Waals surface area contributed by atoms with Crippen LogP contribution < -0.4 is 5.32 Å². The lowest BCUT2D eigenvalue weighted by atomic mass is 9.97. The summed E-state index contributed by atoms with van der Waals surface area (Å²) >= 11 is 0. The number of rotatable bonds is 2. The molecule has 0 radical (unpaired) electrons. The molecule has 0 fully saturated rings. The SMILES string of the molecule is CC(C)c1c([N+](=O)[O-])cc2c(c1F)NC(=O)C2. The minimum Gasteiger partial charge on any atom is -0.323 e. The molecule has 2 rings (SSSR count). The van der Waals surface area contributed by atoms with E-state index in [-0.39, 0.29) is 35.2 Å². The molecule has 90 valence electrons. The Hall–Kier alpha value is -1.98. The standard InChI is InChI=1S/C11H11FN2O3/c1-5(2)9-7(14(16)17)3-6-4-8(15)13-11(6)10(9)12/h3,5H,4H2,1-2H3,(H,13,15). The van der Waals surface area contributed by atoms with E-state index in [1.54, 1.807) is 13.8 Å². The normalized spacial score (nSPS) is 13.8. The number of anilines is 1. The number of hydrogen-bond donors (Lipinski definition) is 1. The number of carbonyl (C=O) groups excluding carboxylic acids is 1. The third kappa shape index (κ3) is 1.75. The molecule has 0 saturated carbocycles. The van der Waals surface area contributed by atoms with Crippen LogP contribution >= 0.6 is 0 Å². The molecule has 0 saturated heterocycles. The van der Waals surface area contributed by atoms with E-state index in [2.05, 4.69) is 5.32 Å². The highest BCUT2D eigenvalue weighted by Gasteiger charge is 2.31. The van der Waals surface area contributed by atoms with Gasteiger partial charge in [-0.25, -0.2) is 4.39 Å². The average molecular weight is 238 g/mol. The molecular weight excluding hydrogens is 227 g/mol. The van der Waals surface area contributed by atoms with E-state index in [9.17, 15) is 19.3 Å². The summed E-state index contributed by atoms with van der Waals surface area (Å²) in [5.74, 6) is -1.35. The smallest absolute Gasteiger partial charge is 0.276 e. The summed E-state index contributed by atoms with van der Waals surface area (Å²) in [6, 6.07) is 1.28. The number of benzene rings is 1. The van der Waals surface area contributed by atoms with E-state index in [4.69, 9.17) is 0 Å². The number of nitrogens with zero attached hydrogens (tertiary/aromatic N) is 1. The van der Waals surface area contributed by atoms with Gasteiger partial charge < -0.3 is 5.32 Å². The van der Waals surface area contributed by atoms with Gasteiger partial charge in [0.15, 0.2) is 5.82 Å². The van der Waals surface area contributed by atoms with Crippen molar-refractivity contribution in [2.75, 3.05) is 5.32 Å². The minimum absolute atomic E-state index is 0.00846. The molecule has 0 aliphatic carbocycles. The first-order valence-corrected chi connectivity index (χ1v) is 5.21. The first-order chi connectivity index (χ1) is 7.91. The summed E-state index contributed by atoms with van der Waals surface area (Å²) in [6.07, 6.45) is -0.00846. The van der Waals surface area contributed by atoms with Crippen LogP contribution in [0.25, 0.3) is 0 Å². The monoisotopic (exact) mass is 238 g/mol. The molecule has 0 spiro atoms. The summed E-state index contributed by atoms with van der Waals surface area (Å²) in [5.41, 5.74) is 0.219. The van der Waals surface area contributed by atoms with Gasteiger partial charge in [-0.2, -0.15) is 0 Å². The molecule has 1 aliphatic heterocycles. The molecule has 0 atom stereocenters. The van der Waals surface area contributed by atoms with E-state index in [1.807, 2.05) is 0 Å². The van der Waals surface area contributed by atoms with Gasteiger partial charge in [-0.3, -0.25) is 14.9 Å². The molecule has 1 amide bonds. The molecule has 0 aromatic heterocycles. The first-order valence-electron chi connectivity index (χ1n) is 5.21. The van der Waals surface area contributed by atoms with Crippen molar-refractivity contribution in [3.63, 3.8) is 0 Å². The van der Waals surface area contributed by atoms with Gasteiger partial charge >= 0.3 is 0 Å². The highest BCUT2D eigenvalue weighted by molar-refractivity contribution is 5.99. The first kappa shape index (κ1) is 11.5. The third-order valence-electron chi connectivity index (χ3n) is 2.75. The predicted octanol–water partition coefficient (Wildman–Crippen LogP) is 2.35. The van der Waals surface area contributed by atoms with Gasteiger partial charge in [0.1, 0.15) is 0 Å². The zero-order valence-corrected chi connectivity index (χ0v) is 9.41. The van der Waals surface area contributed by atoms with Gasteiger partial charge in [0.25, 0.3) is 5.69 Å². The van der Waals surface area contributed by atoms with Gasteiger partial charge in [-0.05, 0) is 11.5 Å². The molecule has 1 aromatic rings. The quantitative estimate of drug-likeness (QED) is 0.635. The number of carbonyl (C=O) groups is 1. The fraction of sp³-hybridized carbons (Fsp3) is 0.364. The highest BCUT2D eigenvalue weighted by Crippen LogP contribution is 2.38. The second-order valence-corrected chi connectivity index (χ2v) is 4.29. The molecule has 1 aromatic carbocycles. The molecule has 1 N–H and O–H groups in total. The summed E-state index contributed by atoms with van der Waals surface area (Å²) in [5, 5.41) is 13.3. The van der Waals surface area contributed by atoms with Crippen LogP contribution in [0.1, 0.15) is 30.9 Å². The van der Waals surface area contributed by atoms with Crippen LogP contribution in [0.15, 0.2) is 6.07 Å². The zero-order valence-electron chi connectivity index (χ0n) is 9.41. The van der Waals surface area contributed by atoms with Crippen LogP contribution in [0.2, 0.25) is 0 Å². The Morgan fingerprint density at radius 1 is 1.53 bits per heavy atom. The topological polar surface area (TPSA) is 72.2 Å². The lowest BCUT2D eigenvalue weighted by Gasteiger charge is -2.11. The van der Waals surface area contributed by atoms with Gasteiger partial charge in [0.2, 0.25) is 5.91 Å². The second-order valence-electron chi connectivity index (χ2n) is 4.29. The fourth-order valence-electron chi connectivity index (χ4n) is 2.03. The minimum atomic E-state index is -0.685. The number of nitro benzene ring substituents is 1. The predicted molar refractivity (Wildman–Crippen MR) is 59.5 cm³/mol. The highest BCUT2D eigenvalue weighted by atomic mass is 19.1. The molecule has 5 nitrogen and oxygen atoms in total. The van der Waals surface area contributed by atoms with Crippen molar-refractivity contribution < 1.29 is 14.1 Å². The van der Waals surface area contributed by atoms with Crippen molar-refractivity contribution in [2.45, 2.75) is 26.2 Å². The third-order valence-corrected chi connectivity index (χ3v) is 2.75. The Labute approximate surface area is 96.8 Å². The average Bonchev–Trinajstić information content (AvgIpc) is 2.57. The second kappa shape index (κ2) is 3.80. The van der Waals surface area contributed by atoms with E-state index < -0.39 is 10.7 Å². The Balaban J connectivity index is 2.71. The largest absolute Gasteiger partial charge is 0.323 e. The summed E-state index contributed by atoms with van der Waals surface area (Å²) < 4.78 is 14.1. The summed E-state index contributed by atoms with van der Waals surface area (Å²) in [6.45, 7) is 3.35. The van der Waals surface area contributed by atoms with Crippen molar-refractivity contribution in [1.29, 1.82) is 0 Å². The Morgan fingerprint density at radius 3 is 2.71 bits per heavy atom. The lowest BCUT2D eigenvalue weighted by Crippen LogP contribution is -2.06. The Kier molecular flexibility index (Phi) is 2.57. The number of nitrogens with one attached hydrogen (secondary N) is 1. The van der Waals surface area contributed by atoms with Crippen LogP contribution in [0, 0.1) is 15.9 Å². The van der Waals surface area contributed by atoms with Crippen LogP contribution in [0.5, 0.6) is 0 Å². The zero-order chi connectivity index (χ0) is 12.7. The van der Waals surface area contributed by atoms with Crippen molar-refractivity contribution >= 4 is 17.3 Å². The maximum Gasteiger partial charge on any atom is 0.276 e. The van der Waals surface area contributed by atoms with Gasteiger partial charge in [-0.15, -0.1) is 0 Å². The molecule has 17 heavy (non-hydrogen) atoms. The van der Waals surface area contributed by atoms with Crippen LogP contribution in [-0.2, 0) is 11.2 Å². The van der Waals surface area contributed by atoms with E-state index in [0.717, 1.165) is 0 Å². The molecule has 0 bridgehead atoms. The van der Waals surface area contributed by atoms with E-state index >= 15 is 0 Å². The number of fused-ring (bicyclic) bond motifs is 1. The number of halogens is 1. The number of amides is 1. The molecular formula is C11H11FN2O3. The molecule has 0 unspecified atom stereocenters. The maximum atomic E-state index is 14.1. The van der Waals surface area contributed by atoms with E-state index in [1.165, 1.54) is 6.07 Å². The van der Waals surface area contributed by atoms with Crippen molar-refractivity contribution in [2.24, 2.45) is 0 Å². The summed E-state index contributed by atoms with van der Waals surface area (Å²) in [4.78, 5) is 21.5. The number of nitro groups is 1. The maximum absolute atomic E-state index is 14.1. The Morgan fingerprint density at radius 2 is 2.18 bits per heavy atom. The Bertz CT molecular complexity index is 526. The molecule has 1 heterocycles. The van der Waals surface area contributed by atoms with Crippen LogP contribution in [0.3, 0.4) is 0 Å². The van der Waals surface area contributed by atoms with Crippen molar-refractivity contribution in [3.05, 3.63) is 33.1 Å². The lowest BCUT2D eigenvalue weighted by molar-refractivity contribution is -0.385. The van der Waals surface area contributed by atoms with Gasteiger partial charge in [0.05, 0.1) is 22.6 Å². The summed E-state index contributed by atoms with van der Waals surface area (Å²) in [7, 11) is 0. The molecule has 1 aliphatic rings. The van der Waals surface area contributed by atoms with Gasteiger partial charge in [0, 0.05) is 6.07 Å². The molecule has 6 heteroatoms. The van der Waals surface area contributed by atoms with Crippen LogP contribution in [-0.4, -0.2) is 10.8 Å². The van der Waals surface area contributed by atoms with Crippen molar-refractivity contribution in [1.82, 2.24) is 0 Å². The van der Waals surface area contributed by atoms with Crippen LogP contribution in [0.4, 0.5) is 15.8 Å². The van der Waals surface area contributed by atoms with Crippen molar-refractivity contribution in [3.8, 4) is 0 Å². The van der Waals surface area contributed by atoms with E-state index in [0.29, 0.717) is 5.56 Å². The van der Waals surface area contributed by atoms with Gasteiger partial charge in [-0.1, -0.05) is 13.8 Å². The fourth-order valence-corrected chi connectivity index (χ4v) is 2.03.